The van der Waals surface area contributed by atoms with Crippen molar-refractivity contribution in [3.63, 3.8) is 0 Å². The Labute approximate surface area is 214 Å². The van der Waals surface area contributed by atoms with E-state index in [1.54, 1.807) is 43.4 Å². The van der Waals surface area contributed by atoms with Gasteiger partial charge in [-0.25, -0.2) is 14.8 Å². The van der Waals surface area contributed by atoms with Gasteiger partial charge in [0.1, 0.15) is 17.4 Å². The molecule has 2 fully saturated rings. The van der Waals surface area contributed by atoms with Crippen LogP contribution in [0, 0.1) is 5.92 Å². The molecule has 0 radical (unpaired) electrons. The van der Waals surface area contributed by atoms with Crippen LogP contribution in [0.1, 0.15) is 28.9 Å². The molecule has 0 unspecified atom stereocenters. The normalized spacial score (nSPS) is 20.7. The number of rotatable bonds is 7. The van der Waals surface area contributed by atoms with Gasteiger partial charge in [-0.2, -0.15) is 0 Å². The van der Waals surface area contributed by atoms with Crippen molar-refractivity contribution >= 4 is 29.2 Å². The summed E-state index contributed by atoms with van der Waals surface area (Å²) >= 11 is 0. The van der Waals surface area contributed by atoms with Crippen LogP contribution in [0.5, 0.6) is 11.5 Å². The van der Waals surface area contributed by atoms with Crippen LogP contribution < -0.4 is 19.4 Å². The van der Waals surface area contributed by atoms with Crippen molar-refractivity contribution in [3.8, 4) is 11.5 Å². The first-order valence-electron chi connectivity index (χ1n) is 11.9. The second-order valence-corrected chi connectivity index (χ2v) is 8.55. The summed E-state index contributed by atoms with van der Waals surface area (Å²) in [5.74, 6) is -1.08. The quantitative estimate of drug-likeness (QED) is 0.354. The van der Waals surface area contributed by atoms with E-state index < -0.39 is 35.8 Å². The van der Waals surface area contributed by atoms with E-state index in [2.05, 4.69) is 0 Å². The molecule has 0 bridgehead atoms. The maximum absolute atomic E-state index is 13.8. The summed E-state index contributed by atoms with van der Waals surface area (Å²) in [6.45, 7) is 1.97. The standard InChI is InChI=1S/C28H26N2O7/c1-4-36-28(33)17-10-12-18(13-11-17)29-26(31)23-24(21-15-14-20(34-2)16-22(21)35-3)30(37-25(23)27(29)32)19-8-6-5-7-9-19/h5-16,23-25H,4H2,1-3H3/t23-,24+,25+/m1/s1. The Morgan fingerprint density at radius 3 is 2.27 bits per heavy atom. The van der Waals surface area contributed by atoms with Gasteiger partial charge in [0.05, 0.1) is 43.8 Å². The number of hydrogen-bond acceptors (Lipinski definition) is 8. The molecule has 0 saturated carbocycles. The smallest absolute Gasteiger partial charge is 0.338 e. The fraction of sp³-hybridized carbons (Fsp3) is 0.250. The molecular formula is C28H26N2O7. The molecule has 0 spiro atoms. The molecule has 2 amide bonds. The predicted molar refractivity (Wildman–Crippen MR) is 134 cm³/mol. The molecule has 9 nitrogen and oxygen atoms in total. The van der Waals surface area contributed by atoms with Crippen LogP contribution in [0.2, 0.25) is 0 Å². The minimum Gasteiger partial charge on any atom is -0.497 e. The minimum atomic E-state index is -1.03. The number of methoxy groups -OCH3 is 2. The summed E-state index contributed by atoms with van der Waals surface area (Å²) < 4.78 is 16.0. The molecule has 2 heterocycles. The minimum absolute atomic E-state index is 0.249. The van der Waals surface area contributed by atoms with Gasteiger partial charge in [0.15, 0.2) is 6.10 Å². The Hall–Kier alpha value is -4.37. The fourth-order valence-electron chi connectivity index (χ4n) is 4.81. The van der Waals surface area contributed by atoms with Gasteiger partial charge in [0.2, 0.25) is 5.91 Å². The highest BCUT2D eigenvalue weighted by molar-refractivity contribution is 6.24. The van der Waals surface area contributed by atoms with Gasteiger partial charge in [-0.05, 0) is 55.5 Å². The lowest BCUT2D eigenvalue weighted by molar-refractivity contribution is -0.126. The van der Waals surface area contributed by atoms with Gasteiger partial charge in [-0.3, -0.25) is 14.4 Å². The van der Waals surface area contributed by atoms with E-state index in [9.17, 15) is 14.4 Å². The second-order valence-electron chi connectivity index (χ2n) is 8.55. The third kappa shape index (κ3) is 4.17. The predicted octanol–water partition coefficient (Wildman–Crippen LogP) is 3.93. The number of para-hydroxylation sites is 1. The van der Waals surface area contributed by atoms with Gasteiger partial charge < -0.3 is 14.2 Å². The van der Waals surface area contributed by atoms with Gasteiger partial charge in [-0.15, -0.1) is 0 Å². The number of imide groups is 1. The summed E-state index contributed by atoms with van der Waals surface area (Å²) in [7, 11) is 3.10. The molecule has 3 aromatic rings. The van der Waals surface area contributed by atoms with Gasteiger partial charge in [0, 0.05) is 11.6 Å². The Balaban J connectivity index is 1.54. The fourth-order valence-corrected chi connectivity index (χ4v) is 4.81. The third-order valence-corrected chi connectivity index (χ3v) is 6.52. The largest absolute Gasteiger partial charge is 0.497 e. The van der Waals surface area contributed by atoms with E-state index in [0.29, 0.717) is 34.0 Å². The molecule has 9 heteroatoms. The molecule has 2 aliphatic heterocycles. The molecule has 2 saturated heterocycles. The van der Waals surface area contributed by atoms with E-state index in [1.165, 1.54) is 19.2 Å². The highest BCUT2D eigenvalue weighted by Gasteiger charge is 2.60. The zero-order valence-corrected chi connectivity index (χ0v) is 20.6. The SMILES string of the molecule is CCOC(=O)c1ccc(N2C(=O)[C@H]3[C@H](ON(c4ccccc4)[C@H]3c3ccc(OC)cc3OC)C2=O)cc1. The van der Waals surface area contributed by atoms with Gasteiger partial charge in [0.25, 0.3) is 5.91 Å². The van der Waals surface area contributed by atoms with Crippen LogP contribution in [0.25, 0.3) is 0 Å². The number of benzene rings is 3. The maximum Gasteiger partial charge on any atom is 0.338 e. The molecule has 0 aliphatic carbocycles. The summed E-state index contributed by atoms with van der Waals surface area (Å²) in [4.78, 5) is 46.7. The van der Waals surface area contributed by atoms with Crippen LogP contribution in [-0.4, -0.2) is 44.7 Å². The van der Waals surface area contributed by atoms with E-state index >= 15 is 0 Å². The average Bonchev–Trinajstić information content (AvgIpc) is 3.44. The number of anilines is 2. The van der Waals surface area contributed by atoms with Crippen molar-refractivity contribution in [2.45, 2.75) is 19.1 Å². The molecule has 190 valence electrons. The van der Waals surface area contributed by atoms with Crippen molar-refractivity contribution in [3.05, 3.63) is 83.9 Å². The van der Waals surface area contributed by atoms with E-state index in [-0.39, 0.29) is 6.61 Å². The number of fused-ring (bicyclic) bond motifs is 1. The highest BCUT2D eigenvalue weighted by atomic mass is 16.7. The molecule has 2 aliphatic rings. The third-order valence-electron chi connectivity index (χ3n) is 6.52. The molecule has 0 N–H and O–H groups in total. The Morgan fingerprint density at radius 2 is 1.62 bits per heavy atom. The summed E-state index contributed by atoms with van der Waals surface area (Å²) in [6.07, 6.45) is -1.03. The van der Waals surface area contributed by atoms with E-state index in [4.69, 9.17) is 19.0 Å². The number of amides is 2. The van der Waals surface area contributed by atoms with Crippen LogP contribution in [-0.2, 0) is 19.2 Å². The van der Waals surface area contributed by atoms with Crippen molar-refractivity contribution < 1.29 is 33.4 Å². The number of nitrogens with zero attached hydrogens (tertiary/aromatic N) is 2. The first-order valence-corrected chi connectivity index (χ1v) is 11.9. The lowest BCUT2D eigenvalue weighted by Crippen LogP contribution is -2.37. The number of hydrogen-bond donors (Lipinski definition) is 0. The van der Waals surface area contributed by atoms with Crippen LogP contribution >= 0.6 is 0 Å². The molecule has 3 aromatic carbocycles. The van der Waals surface area contributed by atoms with Crippen LogP contribution in [0.4, 0.5) is 11.4 Å². The van der Waals surface area contributed by atoms with Crippen LogP contribution in [0.15, 0.2) is 72.8 Å². The van der Waals surface area contributed by atoms with Crippen molar-refractivity contribution in [2.75, 3.05) is 30.8 Å². The van der Waals surface area contributed by atoms with Crippen molar-refractivity contribution in [1.82, 2.24) is 0 Å². The summed E-state index contributed by atoms with van der Waals surface area (Å²) in [6, 6.07) is 20.2. The molecule has 37 heavy (non-hydrogen) atoms. The second kappa shape index (κ2) is 9.94. The van der Waals surface area contributed by atoms with Crippen LogP contribution in [0.3, 0.4) is 0 Å². The van der Waals surface area contributed by atoms with E-state index in [1.807, 2.05) is 36.4 Å². The molecule has 5 rings (SSSR count). The first kappa shape index (κ1) is 24.3. The number of ether oxygens (including phenoxy) is 3. The number of carbonyl (C=O) groups excluding carboxylic acids is 3. The molecular weight excluding hydrogens is 476 g/mol. The maximum atomic E-state index is 13.8. The van der Waals surface area contributed by atoms with E-state index in [0.717, 1.165) is 4.90 Å². The first-order chi connectivity index (χ1) is 18.0. The zero-order chi connectivity index (χ0) is 26.1. The lowest BCUT2D eigenvalue weighted by atomic mass is 9.90. The zero-order valence-electron chi connectivity index (χ0n) is 20.6. The Bertz CT molecular complexity index is 1330. The Kier molecular flexibility index (Phi) is 6.54. The molecule has 0 aromatic heterocycles. The van der Waals surface area contributed by atoms with Gasteiger partial charge in [-0.1, -0.05) is 18.2 Å². The monoisotopic (exact) mass is 502 g/mol. The number of carbonyl (C=O) groups is 3. The lowest BCUT2D eigenvalue weighted by Gasteiger charge is -2.29. The van der Waals surface area contributed by atoms with Crippen molar-refractivity contribution in [1.29, 1.82) is 0 Å². The van der Waals surface area contributed by atoms with Crippen molar-refractivity contribution in [2.24, 2.45) is 5.92 Å². The highest BCUT2D eigenvalue weighted by Crippen LogP contribution is 2.49. The number of esters is 1. The number of hydroxylamine groups is 1. The summed E-state index contributed by atoms with van der Waals surface area (Å²) in [5, 5.41) is 1.61. The Morgan fingerprint density at radius 1 is 0.892 bits per heavy atom. The topological polar surface area (TPSA) is 94.6 Å². The van der Waals surface area contributed by atoms with Gasteiger partial charge >= 0.3 is 5.97 Å². The average molecular weight is 503 g/mol. The summed E-state index contributed by atoms with van der Waals surface area (Å²) in [5.41, 5.74) is 2.07. The molecule has 3 atom stereocenters.